The normalized spacial score (nSPS) is 15.8. The molecule has 5 rings (SSSR count). The van der Waals surface area contributed by atoms with Gasteiger partial charge in [-0.2, -0.15) is 0 Å². The maximum Gasteiger partial charge on any atom is 0.119 e. The molecule has 0 spiro atoms. The molecule has 0 unspecified atom stereocenters. The third kappa shape index (κ3) is 9.16. The first-order valence-electron chi connectivity index (χ1n) is 14.9. The molecule has 8 heteroatoms. The molecule has 0 aliphatic carbocycles. The van der Waals surface area contributed by atoms with Gasteiger partial charge < -0.3 is 28.7 Å². The topological polar surface area (TPSA) is 59.5 Å². The summed E-state index contributed by atoms with van der Waals surface area (Å²) < 4.78 is 22.6. The Bertz CT molecular complexity index is 1180. The summed E-state index contributed by atoms with van der Waals surface area (Å²) in [7, 11) is 1.71. The molecule has 1 aromatic heterocycles. The van der Waals surface area contributed by atoms with Crippen molar-refractivity contribution in [1.29, 1.82) is 0 Å². The molecule has 0 saturated carbocycles. The molecule has 3 heterocycles. The van der Waals surface area contributed by atoms with Crippen LogP contribution in [-0.4, -0.2) is 82.8 Å². The van der Waals surface area contributed by atoms with Crippen LogP contribution in [0.1, 0.15) is 29.7 Å². The quantitative estimate of drug-likeness (QED) is 0.247. The van der Waals surface area contributed by atoms with Gasteiger partial charge in [0, 0.05) is 63.4 Å². The van der Waals surface area contributed by atoms with E-state index in [1.54, 1.807) is 7.11 Å². The molecule has 2 fully saturated rings. The third-order valence-electron chi connectivity index (χ3n) is 7.73. The molecular formula is C33H44N4O4. The predicted molar refractivity (Wildman–Crippen MR) is 163 cm³/mol. The minimum absolute atomic E-state index is 0.457. The largest absolute Gasteiger partial charge is 0.497 e. The molecular weight excluding hydrogens is 516 g/mol. The Kier molecular flexibility index (Phi) is 11.2. The van der Waals surface area contributed by atoms with Gasteiger partial charge in [0.1, 0.15) is 5.75 Å². The molecule has 2 aliphatic rings. The van der Waals surface area contributed by atoms with Crippen molar-refractivity contribution >= 4 is 11.4 Å². The van der Waals surface area contributed by atoms with Crippen LogP contribution in [0.5, 0.6) is 5.75 Å². The number of morpholine rings is 1. The van der Waals surface area contributed by atoms with Crippen molar-refractivity contribution in [2.75, 3.05) is 82.7 Å². The van der Waals surface area contributed by atoms with Gasteiger partial charge in [-0.1, -0.05) is 24.3 Å². The number of hydrogen-bond acceptors (Lipinski definition) is 8. The van der Waals surface area contributed by atoms with Gasteiger partial charge in [0.25, 0.3) is 0 Å². The van der Waals surface area contributed by atoms with Gasteiger partial charge in [0.15, 0.2) is 0 Å². The lowest BCUT2D eigenvalue weighted by atomic mass is 10.1. The summed E-state index contributed by atoms with van der Waals surface area (Å²) in [4.78, 5) is 11.8. The highest BCUT2D eigenvalue weighted by molar-refractivity contribution is 5.51. The number of aromatic nitrogens is 1. The predicted octanol–water partition coefficient (Wildman–Crippen LogP) is 4.76. The number of nitrogens with zero attached hydrogens (tertiary/aromatic N) is 4. The second-order valence-corrected chi connectivity index (χ2v) is 10.7. The van der Waals surface area contributed by atoms with Gasteiger partial charge in [0.2, 0.25) is 0 Å². The first kappa shape index (κ1) is 29.3. The monoisotopic (exact) mass is 560 g/mol. The Morgan fingerprint density at radius 3 is 2.41 bits per heavy atom. The molecule has 0 radical (unpaired) electrons. The van der Waals surface area contributed by atoms with E-state index in [9.17, 15) is 0 Å². The molecule has 3 aromatic rings. The molecule has 41 heavy (non-hydrogen) atoms. The van der Waals surface area contributed by atoms with E-state index in [1.165, 1.54) is 29.7 Å². The van der Waals surface area contributed by atoms with Crippen molar-refractivity contribution in [3.63, 3.8) is 0 Å². The van der Waals surface area contributed by atoms with Crippen LogP contribution in [0.3, 0.4) is 0 Å². The van der Waals surface area contributed by atoms with E-state index in [2.05, 4.69) is 68.2 Å². The Labute approximate surface area is 244 Å². The smallest absolute Gasteiger partial charge is 0.119 e. The van der Waals surface area contributed by atoms with Crippen molar-refractivity contribution in [2.24, 2.45) is 0 Å². The van der Waals surface area contributed by atoms with Gasteiger partial charge in [-0.3, -0.25) is 9.88 Å². The van der Waals surface area contributed by atoms with Crippen LogP contribution in [0.15, 0.2) is 66.9 Å². The van der Waals surface area contributed by atoms with Crippen LogP contribution in [-0.2, 0) is 33.9 Å². The fourth-order valence-corrected chi connectivity index (χ4v) is 5.39. The summed E-state index contributed by atoms with van der Waals surface area (Å²) in [5.41, 5.74) is 5.82. The van der Waals surface area contributed by atoms with Crippen molar-refractivity contribution < 1.29 is 18.9 Å². The standard InChI is InChI=1S/C33H44N4O4/c1-38-33-6-4-5-29(23-33)26-37(25-28-7-9-31(10-8-28)36-13-2-3-14-36)32-11-12-34-30(24-32)27-41-22-21-40-20-17-35-15-18-39-19-16-35/h4-12,23-24H,2-3,13-22,25-27H2,1H3. The van der Waals surface area contributed by atoms with Gasteiger partial charge in [-0.15, -0.1) is 0 Å². The summed E-state index contributed by atoms with van der Waals surface area (Å²) >= 11 is 0. The molecule has 0 atom stereocenters. The molecule has 8 nitrogen and oxygen atoms in total. The first-order valence-corrected chi connectivity index (χ1v) is 14.9. The van der Waals surface area contributed by atoms with E-state index < -0.39 is 0 Å². The molecule has 2 aromatic carbocycles. The molecule has 2 aliphatic heterocycles. The second-order valence-electron chi connectivity index (χ2n) is 10.7. The Morgan fingerprint density at radius 1 is 0.829 bits per heavy atom. The number of rotatable bonds is 15. The number of methoxy groups -OCH3 is 1. The number of hydrogen-bond donors (Lipinski definition) is 0. The fraction of sp³-hybridized carbons (Fsp3) is 0.485. The summed E-state index contributed by atoms with van der Waals surface area (Å²) in [6, 6.07) is 21.6. The Morgan fingerprint density at radius 2 is 1.61 bits per heavy atom. The van der Waals surface area contributed by atoms with Gasteiger partial charge in [-0.05, 0) is 60.4 Å². The lowest BCUT2D eigenvalue weighted by Gasteiger charge is -2.26. The summed E-state index contributed by atoms with van der Waals surface area (Å²) in [6.07, 6.45) is 4.44. The Hall–Kier alpha value is -3.17. The van der Waals surface area contributed by atoms with Crippen LogP contribution in [0.2, 0.25) is 0 Å². The third-order valence-corrected chi connectivity index (χ3v) is 7.73. The average Bonchev–Trinajstić information content (AvgIpc) is 3.57. The van der Waals surface area contributed by atoms with Gasteiger partial charge >= 0.3 is 0 Å². The summed E-state index contributed by atoms with van der Waals surface area (Å²) in [6.45, 7) is 10.7. The van der Waals surface area contributed by atoms with Crippen LogP contribution < -0.4 is 14.5 Å². The minimum atomic E-state index is 0.457. The summed E-state index contributed by atoms with van der Waals surface area (Å²) in [5.74, 6) is 0.869. The molecule has 220 valence electrons. The molecule has 0 N–H and O–H groups in total. The number of anilines is 2. The number of benzene rings is 2. The van der Waals surface area contributed by atoms with Crippen LogP contribution >= 0.6 is 0 Å². The van der Waals surface area contributed by atoms with Crippen LogP contribution in [0.4, 0.5) is 11.4 Å². The van der Waals surface area contributed by atoms with Gasteiger partial charge in [0.05, 0.1) is 52.4 Å². The van der Waals surface area contributed by atoms with Crippen LogP contribution in [0, 0.1) is 0 Å². The molecule has 2 saturated heterocycles. The zero-order valence-corrected chi connectivity index (χ0v) is 24.4. The number of ether oxygens (including phenoxy) is 4. The molecule has 0 amide bonds. The average molecular weight is 561 g/mol. The fourth-order valence-electron chi connectivity index (χ4n) is 5.39. The zero-order chi connectivity index (χ0) is 28.1. The maximum atomic E-state index is 5.91. The summed E-state index contributed by atoms with van der Waals surface area (Å²) in [5, 5.41) is 0. The van der Waals surface area contributed by atoms with Crippen molar-refractivity contribution in [3.8, 4) is 5.75 Å². The van der Waals surface area contributed by atoms with E-state index in [4.69, 9.17) is 18.9 Å². The lowest BCUT2D eigenvalue weighted by molar-refractivity contribution is 0.00553. The van der Waals surface area contributed by atoms with Crippen LogP contribution in [0.25, 0.3) is 0 Å². The SMILES string of the molecule is COc1cccc(CN(Cc2ccc(N3CCCC3)cc2)c2ccnc(COCCOCCN3CCOCC3)c2)c1. The van der Waals surface area contributed by atoms with Crippen molar-refractivity contribution in [3.05, 3.63) is 83.7 Å². The van der Waals surface area contributed by atoms with E-state index in [-0.39, 0.29) is 0 Å². The first-order chi connectivity index (χ1) is 20.3. The Balaban J connectivity index is 1.18. The van der Waals surface area contributed by atoms with Crippen molar-refractivity contribution in [1.82, 2.24) is 9.88 Å². The van der Waals surface area contributed by atoms with Gasteiger partial charge in [-0.25, -0.2) is 0 Å². The van der Waals surface area contributed by atoms with Crippen molar-refractivity contribution in [2.45, 2.75) is 32.5 Å². The highest BCUT2D eigenvalue weighted by Gasteiger charge is 2.14. The maximum absolute atomic E-state index is 5.91. The second kappa shape index (κ2) is 15.7. The van der Waals surface area contributed by atoms with E-state index in [0.29, 0.717) is 19.8 Å². The lowest BCUT2D eigenvalue weighted by Crippen LogP contribution is -2.38. The zero-order valence-electron chi connectivity index (χ0n) is 24.4. The minimum Gasteiger partial charge on any atom is -0.497 e. The van der Waals surface area contributed by atoms with E-state index >= 15 is 0 Å². The van der Waals surface area contributed by atoms with E-state index in [1.807, 2.05) is 18.3 Å². The number of pyridine rings is 1. The highest BCUT2D eigenvalue weighted by atomic mass is 16.5. The highest BCUT2D eigenvalue weighted by Crippen LogP contribution is 2.25. The van der Waals surface area contributed by atoms with E-state index in [0.717, 1.165) is 82.8 Å². The molecule has 0 bridgehead atoms.